The van der Waals surface area contributed by atoms with Crippen molar-refractivity contribution in [3.63, 3.8) is 0 Å². The number of rotatable bonds is 7. The summed E-state index contributed by atoms with van der Waals surface area (Å²) >= 11 is 0. The molecule has 0 saturated carbocycles. The molecule has 3 N–H and O–H groups in total. The molecule has 0 amide bonds. The number of aromatic nitrogens is 1. The molecule has 5 heteroatoms. The minimum absolute atomic E-state index is 0.0495. The molecule has 0 aliphatic heterocycles. The molecule has 5 nitrogen and oxygen atoms in total. The van der Waals surface area contributed by atoms with Crippen LogP contribution in [0, 0.1) is 0 Å². The van der Waals surface area contributed by atoms with Crippen LogP contribution in [0.5, 0.6) is 0 Å². The van der Waals surface area contributed by atoms with E-state index in [4.69, 9.17) is 10.9 Å². The number of nitrogens with two attached hydrogens (primary N) is 1. The SMILES string of the molecule is CCCCN(CC)Cc1ccnc(C(N)=NO)c1. The number of oxime groups is 1. The first-order valence-corrected chi connectivity index (χ1v) is 6.36. The van der Waals surface area contributed by atoms with Crippen molar-refractivity contribution in [1.29, 1.82) is 0 Å². The molecule has 0 atom stereocenters. The van der Waals surface area contributed by atoms with Gasteiger partial charge in [0.05, 0.1) is 0 Å². The molecule has 1 rings (SSSR count). The van der Waals surface area contributed by atoms with E-state index in [1.54, 1.807) is 6.20 Å². The molecule has 0 aliphatic carbocycles. The average Bonchev–Trinajstić information content (AvgIpc) is 2.42. The van der Waals surface area contributed by atoms with Crippen LogP contribution in [0.25, 0.3) is 0 Å². The standard InChI is InChI=1S/C13H22N4O/c1-3-5-8-17(4-2)10-11-6-7-15-12(9-11)13(14)16-18/h6-7,9,18H,3-5,8,10H2,1-2H3,(H2,14,16). The molecule has 1 heterocycles. The number of nitrogens with zero attached hydrogens (tertiary/aromatic N) is 3. The molecule has 0 spiro atoms. The number of unbranched alkanes of at least 4 members (excludes halogenated alkanes) is 1. The van der Waals surface area contributed by atoms with Gasteiger partial charge in [-0.15, -0.1) is 0 Å². The van der Waals surface area contributed by atoms with Gasteiger partial charge in [0.25, 0.3) is 0 Å². The van der Waals surface area contributed by atoms with Crippen molar-refractivity contribution >= 4 is 5.84 Å². The molecule has 0 aliphatic rings. The summed E-state index contributed by atoms with van der Waals surface area (Å²) in [5.74, 6) is 0.0495. The van der Waals surface area contributed by atoms with Crippen LogP contribution in [0.1, 0.15) is 37.9 Å². The van der Waals surface area contributed by atoms with Crippen LogP contribution in [-0.4, -0.2) is 34.0 Å². The maximum Gasteiger partial charge on any atom is 0.188 e. The van der Waals surface area contributed by atoms with E-state index >= 15 is 0 Å². The van der Waals surface area contributed by atoms with Crippen LogP contribution in [0.3, 0.4) is 0 Å². The maximum absolute atomic E-state index is 8.64. The van der Waals surface area contributed by atoms with Crippen LogP contribution >= 0.6 is 0 Å². The largest absolute Gasteiger partial charge is 0.409 e. The highest BCUT2D eigenvalue weighted by Gasteiger charge is 2.06. The summed E-state index contributed by atoms with van der Waals surface area (Å²) in [5, 5.41) is 11.6. The number of hydrogen-bond donors (Lipinski definition) is 2. The third-order valence-corrected chi connectivity index (χ3v) is 2.88. The van der Waals surface area contributed by atoms with Crippen LogP contribution in [-0.2, 0) is 6.54 Å². The predicted octanol–water partition coefficient (Wildman–Crippen LogP) is 1.80. The van der Waals surface area contributed by atoms with Crippen LogP contribution in [0.2, 0.25) is 0 Å². The highest BCUT2D eigenvalue weighted by molar-refractivity contribution is 5.95. The Bertz CT molecular complexity index is 392. The fraction of sp³-hybridized carbons (Fsp3) is 0.538. The van der Waals surface area contributed by atoms with Crippen molar-refractivity contribution < 1.29 is 5.21 Å². The van der Waals surface area contributed by atoms with Crippen molar-refractivity contribution in [3.05, 3.63) is 29.6 Å². The zero-order chi connectivity index (χ0) is 13.4. The highest BCUT2D eigenvalue weighted by atomic mass is 16.4. The number of pyridine rings is 1. The Balaban J connectivity index is 2.71. The van der Waals surface area contributed by atoms with Crippen LogP contribution in [0.15, 0.2) is 23.5 Å². The Kier molecular flexibility index (Phi) is 6.14. The first-order chi connectivity index (χ1) is 8.71. The van der Waals surface area contributed by atoms with Crippen LogP contribution < -0.4 is 5.73 Å². The van der Waals surface area contributed by atoms with E-state index in [1.807, 2.05) is 12.1 Å². The van der Waals surface area contributed by atoms with E-state index in [0.717, 1.165) is 25.2 Å². The van der Waals surface area contributed by atoms with E-state index < -0.39 is 0 Å². The van der Waals surface area contributed by atoms with Gasteiger partial charge in [0.2, 0.25) is 0 Å². The van der Waals surface area contributed by atoms with E-state index in [9.17, 15) is 0 Å². The van der Waals surface area contributed by atoms with E-state index in [1.165, 1.54) is 12.8 Å². The molecule has 0 unspecified atom stereocenters. The maximum atomic E-state index is 8.64. The lowest BCUT2D eigenvalue weighted by Gasteiger charge is -2.20. The topological polar surface area (TPSA) is 74.7 Å². The highest BCUT2D eigenvalue weighted by Crippen LogP contribution is 2.07. The zero-order valence-electron chi connectivity index (χ0n) is 11.1. The first kappa shape index (κ1) is 14.4. The molecule has 1 aromatic heterocycles. The molecule has 100 valence electrons. The summed E-state index contributed by atoms with van der Waals surface area (Å²) in [4.78, 5) is 6.44. The Labute approximate surface area is 108 Å². The smallest absolute Gasteiger partial charge is 0.188 e. The zero-order valence-corrected chi connectivity index (χ0v) is 11.1. The summed E-state index contributed by atoms with van der Waals surface area (Å²) in [6.45, 7) is 7.32. The Hall–Kier alpha value is -1.62. The number of hydrogen-bond acceptors (Lipinski definition) is 4. The molecule has 1 aromatic rings. The lowest BCUT2D eigenvalue weighted by molar-refractivity contribution is 0.275. The van der Waals surface area contributed by atoms with Crippen molar-refractivity contribution in [2.45, 2.75) is 33.2 Å². The Morgan fingerprint density at radius 2 is 2.28 bits per heavy atom. The van der Waals surface area contributed by atoms with Crippen molar-refractivity contribution in [3.8, 4) is 0 Å². The molecule has 0 aromatic carbocycles. The summed E-state index contributed by atoms with van der Waals surface area (Å²) in [6, 6.07) is 3.83. The molecule has 0 saturated heterocycles. The van der Waals surface area contributed by atoms with E-state index in [2.05, 4.69) is 28.9 Å². The van der Waals surface area contributed by atoms with Gasteiger partial charge in [0.1, 0.15) is 5.69 Å². The van der Waals surface area contributed by atoms with Crippen LogP contribution in [0.4, 0.5) is 0 Å². The molecular weight excluding hydrogens is 228 g/mol. The van der Waals surface area contributed by atoms with E-state index in [0.29, 0.717) is 5.69 Å². The number of amidine groups is 1. The van der Waals surface area contributed by atoms with Crippen molar-refractivity contribution in [2.75, 3.05) is 13.1 Å². The monoisotopic (exact) mass is 250 g/mol. The van der Waals surface area contributed by atoms with Gasteiger partial charge in [-0.25, -0.2) is 0 Å². The van der Waals surface area contributed by atoms with E-state index in [-0.39, 0.29) is 5.84 Å². The Morgan fingerprint density at radius 3 is 2.89 bits per heavy atom. The third kappa shape index (κ3) is 4.33. The lowest BCUT2D eigenvalue weighted by Crippen LogP contribution is -2.24. The van der Waals surface area contributed by atoms with Gasteiger partial charge in [-0.2, -0.15) is 0 Å². The van der Waals surface area contributed by atoms with Gasteiger partial charge < -0.3 is 10.9 Å². The summed E-state index contributed by atoms with van der Waals surface area (Å²) in [7, 11) is 0. The fourth-order valence-corrected chi connectivity index (χ4v) is 1.75. The summed E-state index contributed by atoms with van der Waals surface area (Å²) in [5.41, 5.74) is 7.18. The second kappa shape index (κ2) is 7.66. The summed E-state index contributed by atoms with van der Waals surface area (Å²) in [6.07, 6.45) is 4.09. The van der Waals surface area contributed by atoms with Crippen molar-refractivity contribution in [1.82, 2.24) is 9.88 Å². The normalized spacial score (nSPS) is 12.1. The minimum atomic E-state index is 0.0495. The second-order valence-electron chi connectivity index (χ2n) is 4.26. The second-order valence-corrected chi connectivity index (χ2v) is 4.26. The molecule has 18 heavy (non-hydrogen) atoms. The quantitative estimate of drug-likeness (QED) is 0.335. The lowest BCUT2D eigenvalue weighted by atomic mass is 10.2. The first-order valence-electron chi connectivity index (χ1n) is 6.36. The predicted molar refractivity (Wildman–Crippen MR) is 72.6 cm³/mol. The van der Waals surface area contributed by atoms with Gasteiger partial charge >= 0.3 is 0 Å². The molecule has 0 bridgehead atoms. The van der Waals surface area contributed by atoms with Gasteiger partial charge in [-0.1, -0.05) is 25.4 Å². The fourth-order valence-electron chi connectivity index (χ4n) is 1.75. The Morgan fingerprint density at radius 1 is 1.50 bits per heavy atom. The average molecular weight is 250 g/mol. The molecule has 0 radical (unpaired) electrons. The van der Waals surface area contributed by atoms with Gasteiger partial charge in [0.15, 0.2) is 5.84 Å². The van der Waals surface area contributed by atoms with Gasteiger partial charge in [0, 0.05) is 12.7 Å². The van der Waals surface area contributed by atoms with Gasteiger partial charge in [-0.3, -0.25) is 9.88 Å². The van der Waals surface area contributed by atoms with Crippen molar-refractivity contribution in [2.24, 2.45) is 10.9 Å². The molecule has 0 fully saturated rings. The van der Waals surface area contributed by atoms with Gasteiger partial charge in [-0.05, 0) is 37.2 Å². The molecular formula is C13H22N4O. The summed E-state index contributed by atoms with van der Waals surface area (Å²) < 4.78 is 0. The minimum Gasteiger partial charge on any atom is -0.409 e. The third-order valence-electron chi connectivity index (χ3n) is 2.88.